The fourth-order valence-electron chi connectivity index (χ4n) is 0.385. The molecule has 11 heavy (non-hydrogen) atoms. The van der Waals surface area contributed by atoms with E-state index in [-0.39, 0.29) is 13.1 Å². The first-order valence-corrected chi connectivity index (χ1v) is 2.77. The van der Waals surface area contributed by atoms with Gasteiger partial charge in [-0.3, -0.25) is 0 Å². The van der Waals surface area contributed by atoms with Crippen molar-refractivity contribution in [1.82, 2.24) is 10.4 Å². The van der Waals surface area contributed by atoms with Gasteiger partial charge in [0.25, 0.3) is 0 Å². The molecular weight excluding hydrogens is 156 g/mol. The minimum absolute atomic E-state index is 0.00597. The lowest BCUT2D eigenvalue weighted by molar-refractivity contribution is -0.650. The molecule has 0 aromatic rings. The zero-order valence-electron chi connectivity index (χ0n) is 5.89. The van der Waals surface area contributed by atoms with E-state index >= 15 is 0 Å². The van der Waals surface area contributed by atoms with Crippen LogP contribution >= 0.6 is 0 Å². The highest BCUT2D eigenvalue weighted by Crippen LogP contribution is 1.78. The van der Waals surface area contributed by atoms with Crippen LogP contribution < -0.4 is 5.43 Å². The van der Waals surface area contributed by atoms with E-state index in [9.17, 15) is 20.2 Å². The molecule has 64 valence electrons. The molecule has 0 saturated carbocycles. The molecular formula is C3H8N4O4. The Morgan fingerprint density at radius 3 is 2.36 bits per heavy atom. The van der Waals surface area contributed by atoms with Gasteiger partial charge in [0, 0.05) is 0 Å². The number of hydrazine groups is 2. The van der Waals surface area contributed by atoms with Crippen molar-refractivity contribution in [2.75, 3.05) is 20.1 Å². The minimum Gasteiger partial charge on any atom is -0.235 e. The monoisotopic (exact) mass is 164 g/mol. The van der Waals surface area contributed by atoms with E-state index in [0.717, 1.165) is 5.01 Å². The van der Waals surface area contributed by atoms with Crippen LogP contribution in [0.2, 0.25) is 0 Å². The van der Waals surface area contributed by atoms with Gasteiger partial charge in [-0.15, -0.1) is 10.4 Å². The van der Waals surface area contributed by atoms with Gasteiger partial charge in [-0.1, -0.05) is 0 Å². The van der Waals surface area contributed by atoms with Crippen LogP contribution in [0.4, 0.5) is 0 Å². The normalized spacial score (nSPS) is 8.82. The number of rotatable bonds is 5. The zero-order chi connectivity index (χ0) is 8.85. The van der Waals surface area contributed by atoms with Crippen molar-refractivity contribution in [3.8, 4) is 0 Å². The topological polar surface area (TPSA) is 102 Å². The predicted octanol–water partition coefficient (Wildman–Crippen LogP) is -1.11. The molecule has 8 nitrogen and oxygen atoms in total. The van der Waals surface area contributed by atoms with Gasteiger partial charge in [-0.05, 0) is 0 Å². The van der Waals surface area contributed by atoms with E-state index in [4.69, 9.17) is 0 Å². The van der Waals surface area contributed by atoms with Gasteiger partial charge in [0.1, 0.15) is 6.54 Å². The van der Waals surface area contributed by atoms with Crippen LogP contribution in [-0.4, -0.2) is 35.2 Å². The Balaban J connectivity index is 3.39. The van der Waals surface area contributed by atoms with E-state index in [1.54, 1.807) is 0 Å². The summed E-state index contributed by atoms with van der Waals surface area (Å²) in [7, 11) is 1.24. The average molecular weight is 164 g/mol. The molecule has 0 unspecified atom stereocenters. The maximum atomic E-state index is 9.91. The van der Waals surface area contributed by atoms with Gasteiger partial charge in [0.2, 0.25) is 0 Å². The number of nitrogens with one attached hydrogen (secondary N) is 1. The molecule has 1 N–H and O–H groups in total. The Kier molecular flexibility index (Phi) is 3.63. The summed E-state index contributed by atoms with van der Waals surface area (Å²) in [4.78, 5) is 19.6. The summed E-state index contributed by atoms with van der Waals surface area (Å²) >= 11 is 0. The van der Waals surface area contributed by atoms with Crippen molar-refractivity contribution >= 4 is 0 Å². The van der Waals surface area contributed by atoms with Crippen LogP contribution in [0.5, 0.6) is 0 Å². The first-order valence-electron chi connectivity index (χ1n) is 2.77. The SMILES string of the molecule is CN(CCN[N+](=O)[O-])[N+](=O)[O-]. The largest absolute Gasteiger partial charge is 0.235 e. The molecule has 0 rings (SSSR count). The first-order chi connectivity index (χ1) is 5.04. The Morgan fingerprint density at radius 2 is 2.00 bits per heavy atom. The molecule has 0 heterocycles. The van der Waals surface area contributed by atoms with Crippen molar-refractivity contribution in [3.05, 3.63) is 20.2 Å². The summed E-state index contributed by atoms with van der Waals surface area (Å²) in [6.07, 6.45) is 0. The van der Waals surface area contributed by atoms with E-state index in [1.165, 1.54) is 7.05 Å². The maximum Gasteiger partial charge on any atom is 0.159 e. The summed E-state index contributed by atoms with van der Waals surface area (Å²) < 4.78 is 0. The van der Waals surface area contributed by atoms with E-state index < -0.39 is 10.1 Å². The highest BCUT2D eigenvalue weighted by molar-refractivity contribution is 4.37. The number of hydrogen-bond donors (Lipinski definition) is 1. The Hall–Kier alpha value is -1.60. The van der Waals surface area contributed by atoms with E-state index in [2.05, 4.69) is 0 Å². The highest BCUT2D eigenvalue weighted by atomic mass is 16.7. The number of hydrogen-bond acceptors (Lipinski definition) is 4. The quantitative estimate of drug-likeness (QED) is 0.408. The molecule has 0 fully saturated rings. The molecule has 8 heteroatoms. The molecule has 0 aliphatic rings. The Morgan fingerprint density at radius 1 is 1.45 bits per heavy atom. The van der Waals surface area contributed by atoms with Crippen molar-refractivity contribution < 1.29 is 10.1 Å². The Labute approximate surface area is 62.0 Å². The number of nitrogens with zero attached hydrogens (tertiary/aromatic N) is 3. The van der Waals surface area contributed by atoms with Crippen molar-refractivity contribution in [1.29, 1.82) is 0 Å². The molecule has 0 aliphatic carbocycles. The van der Waals surface area contributed by atoms with Crippen LogP contribution in [0, 0.1) is 20.2 Å². The third kappa shape index (κ3) is 4.88. The summed E-state index contributed by atoms with van der Waals surface area (Å²) in [6, 6.07) is 0. The van der Waals surface area contributed by atoms with E-state index in [0.29, 0.717) is 0 Å². The van der Waals surface area contributed by atoms with E-state index in [1.807, 2.05) is 5.43 Å². The van der Waals surface area contributed by atoms with Gasteiger partial charge in [-0.2, -0.15) is 0 Å². The minimum atomic E-state index is -0.742. The molecule has 0 saturated heterocycles. The summed E-state index contributed by atoms with van der Waals surface area (Å²) in [5, 5.41) is 18.9. The standard InChI is InChI=1S/C3H8N4O4/c1-5(7(10)11)3-2-4-6(8)9/h4H,2-3H2,1H3. The van der Waals surface area contributed by atoms with Crippen LogP contribution in [-0.2, 0) is 0 Å². The first kappa shape index (κ1) is 9.40. The van der Waals surface area contributed by atoms with Crippen LogP contribution in [0.3, 0.4) is 0 Å². The van der Waals surface area contributed by atoms with Gasteiger partial charge in [-0.25, -0.2) is 20.2 Å². The fourth-order valence-corrected chi connectivity index (χ4v) is 0.385. The second-order valence-corrected chi connectivity index (χ2v) is 1.78. The smallest absolute Gasteiger partial charge is 0.159 e. The van der Waals surface area contributed by atoms with Crippen molar-refractivity contribution in [2.45, 2.75) is 0 Å². The zero-order valence-corrected chi connectivity index (χ0v) is 5.89. The number of nitro groups is 2. The van der Waals surface area contributed by atoms with Crippen molar-refractivity contribution in [2.24, 2.45) is 0 Å². The predicted molar refractivity (Wildman–Crippen MR) is 34.6 cm³/mol. The molecule has 0 radical (unpaired) electrons. The molecule has 0 bridgehead atoms. The molecule has 0 atom stereocenters. The fraction of sp³-hybridized carbons (Fsp3) is 1.00. The van der Waals surface area contributed by atoms with Gasteiger partial charge >= 0.3 is 0 Å². The molecule has 0 aromatic carbocycles. The van der Waals surface area contributed by atoms with Crippen LogP contribution in [0.1, 0.15) is 0 Å². The molecule has 0 amide bonds. The second kappa shape index (κ2) is 4.25. The maximum absolute atomic E-state index is 9.91. The van der Waals surface area contributed by atoms with Crippen LogP contribution in [0.15, 0.2) is 0 Å². The summed E-state index contributed by atoms with van der Waals surface area (Å²) in [6.45, 7) is -0.0571. The molecule has 0 spiro atoms. The highest BCUT2D eigenvalue weighted by Gasteiger charge is 2.06. The second-order valence-electron chi connectivity index (χ2n) is 1.78. The lowest BCUT2D eigenvalue weighted by Gasteiger charge is -2.05. The molecule has 0 aromatic heterocycles. The number of likely N-dealkylation sites (N-methyl/N-ethyl adjacent to an activating group) is 1. The average Bonchev–Trinajstić information content (AvgIpc) is 1.86. The summed E-state index contributed by atoms with van der Waals surface area (Å²) in [5.41, 5.74) is 1.81. The van der Waals surface area contributed by atoms with Crippen LogP contribution in [0.25, 0.3) is 0 Å². The van der Waals surface area contributed by atoms with Gasteiger partial charge < -0.3 is 0 Å². The third-order valence-electron chi connectivity index (χ3n) is 0.955. The third-order valence-corrected chi connectivity index (χ3v) is 0.955. The molecule has 0 aliphatic heterocycles. The van der Waals surface area contributed by atoms with Crippen molar-refractivity contribution in [3.63, 3.8) is 0 Å². The Bertz CT molecular complexity index is 159. The van der Waals surface area contributed by atoms with Gasteiger partial charge in [0.05, 0.1) is 13.6 Å². The summed E-state index contributed by atoms with van der Waals surface area (Å²) in [5.74, 6) is 0. The van der Waals surface area contributed by atoms with Gasteiger partial charge in [0.15, 0.2) is 10.1 Å². The lowest BCUT2D eigenvalue weighted by Crippen LogP contribution is -2.35. The lowest BCUT2D eigenvalue weighted by atomic mass is 10.6.